The molecule has 0 aliphatic carbocycles. The van der Waals surface area contributed by atoms with Gasteiger partial charge in [-0.15, -0.1) is 0 Å². The van der Waals surface area contributed by atoms with Crippen molar-refractivity contribution in [2.45, 2.75) is 11.8 Å². The van der Waals surface area contributed by atoms with E-state index >= 15 is 0 Å². The number of benzene rings is 2. The molecule has 146 valence electrons. The maximum Gasteiger partial charge on any atom is 0.272 e. The number of nitrogens with one attached hydrogen (secondary N) is 2. The Morgan fingerprint density at radius 2 is 1.93 bits per heavy atom. The van der Waals surface area contributed by atoms with Gasteiger partial charge in [-0.25, -0.2) is 18.9 Å². The molecule has 0 amide bonds. The third-order valence-corrected chi connectivity index (χ3v) is 5.41. The van der Waals surface area contributed by atoms with Crippen molar-refractivity contribution in [2.75, 3.05) is 11.9 Å². The van der Waals surface area contributed by atoms with Gasteiger partial charge in [0.25, 0.3) is 5.56 Å². The van der Waals surface area contributed by atoms with Crippen LogP contribution in [-0.2, 0) is 7.05 Å². The second-order valence-electron chi connectivity index (χ2n) is 7.07. The summed E-state index contributed by atoms with van der Waals surface area (Å²) in [5.74, 6) is -0.820. The highest BCUT2D eigenvalue weighted by atomic mass is 19.1. The zero-order valence-corrected chi connectivity index (χ0v) is 15.4. The summed E-state index contributed by atoms with van der Waals surface area (Å²) in [7, 11) is 1.77. The van der Waals surface area contributed by atoms with Crippen molar-refractivity contribution >= 4 is 16.5 Å². The topological polar surface area (TPSA) is 88.5 Å². The number of halogens is 2. The van der Waals surface area contributed by atoms with E-state index in [4.69, 9.17) is 0 Å². The Kier molecular flexibility index (Phi) is 3.90. The average molecular weight is 394 g/mol. The minimum Gasteiger partial charge on any atom is -0.384 e. The lowest BCUT2D eigenvalue weighted by atomic mass is 9.82. The molecule has 5 rings (SSSR count). The van der Waals surface area contributed by atoms with Crippen molar-refractivity contribution in [3.8, 4) is 0 Å². The first-order valence-electron chi connectivity index (χ1n) is 9.08. The fourth-order valence-electron chi connectivity index (χ4n) is 4.09. The van der Waals surface area contributed by atoms with E-state index in [1.165, 1.54) is 30.6 Å². The van der Waals surface area contributed by atoms with Crippen molar-refractivity contribution in [3.05, 3.63) is 81.8 Å². The molecule has 2 atom stereocenters. The van der Waals surface area contributed by atoms with Crippen LogP contribution < -0.4 is 10.9 Å². The molecule has 0 fully saturated rings. The molecule has 7 nitrogen and oxygen atoms in total. The summed E-state index contributed by atoms with van der Waals surface area (Å²) in [5, 5.41) is 15.0. The van der Waals surface area contributed by atoms with Crippen LogP contribution in [0.3, 0.4) is 0 Å². The van der Waals surface area contributed by atoms with E-state index in [2.05, 4.69) is 25.6 Å². The van der Waals surface area contributed by atoms with E-state index in [-0.39, 0.29) is 17.1 Å². The summed E-state index contributed by atoms with van der Waals surface area (Å²) in [4.78, 5) is 16.8. The number of anilines is 1. The zero-order chi connectivity index (χ0) is 20.1. The number of aromatic nitrogens is 5. The molecule has 0 saturated carbocycles. The number of hydrogen-bond donors (Lipinski definition) is 2. The third-order valence-electron chi connectivity index (χ3n) is 5.41. The zero-order valence-electron chi connectivity index (χ0n) is 15.4. The molecular formula is C20H16F2N6O. The van der Waals surface area contributed by atoms with Gasteiger partial charge in [-0.1, -0.05) is 12.1 Å². The monoisotopic (exact) mass is 394 g/mol. The van der Waals surface area contributed by atoms with Crippen molar-refractivity contribution in [2.24, 2.45) is 7.05 Å². The van der Waals surface area contributed by atoms with E-state index < -0.39 is 17.3 Å². The number of aromatic amines is 1. The lowest BCUT2D eigenvalue weighted by Gasteiger charge is -2.25. The maximum absolute atomic E-state index is 14.2. The average Bonchev–Trinajstić information content (AvgIpc) is 3.05. The van der Waals surface area contributed by atoms with Crippen molar-refractivity contribution in [1.29, 1.82) is 0 Å². The van der Waals surface area contributed by atoms with Gasteiger partial charge in [-0.05, 0) is 29.8 Å². The fourth-order valence-corrected chi connectivity index (χ4v) is 4.09. The molecule has 9 heteroatoms. The van der Waals surface area contributed by atoms with Crippen LogP contribution in [0.5, 0.6) is 0 Å². The van der Waals surface area contributed by atoms with Crippen LogP contribution in [0.15, 0.2) is 47.5 Å². The van der Waals surface area contributed by atoms with Gasteiger partial charge in [0, 0.05) is 30.6 Å². The maximum atomic E-state index is 14.2. The predicted octanol–water partition coefficient (Wildman–Crippen LogP) is 2.67. The molecule has 2 aromatic heterocycles. The molecule has 4 aromatic rings. The number of nitrogens with zero attached hydrogens (tertiary/aromatic N) is 4. The molecule has 29 heavy (non-hydrogen) atoms. The molecule has 2 aromatic carbocycles. The largest absolute Gasteiger partial charge is 0.384 e. The van der Waals surface area contributed by atoms with Crippen LogP contribution in [0, 0.1) is 11.6 Å². The first kappa shape index (κ1) is 17.5. The van der Waals surface area contributed by atoms with Gasteiger partial charge in [0.1, 0.15) is 23.8 Å². The summed E-state index contributed by atoms with van der Waals surface area (Å²) in [6.07, 6.45) is 1.45. The van der Waals surface area contributed by atoms with Crippen molar-refractivity contribution < 1.29 is 8.78 Å². The predicted molar refractivity (Wildman–Crippen MR) is 103 cm³/mol. The van der Waals surface area contributed by atoms with E-state index in [0.717, 1.165) is 5.56 Å². The molecule has 3 heterocycles. The van der Waals surface area contributed by atoms with Crippen LogP contribution in [0.2, 0.25) is 0 Å². The minimum absolute atomic E-state index is 0.212. The SMILES string of the molecule is Cn1ncnc1C1c2n[nH]c(=O)c3cc(F)cc(c23)NCC1c1ccc(F)cc1. The number of rotatable bonds is 2. The van der Waals surface area contributed by atoms with Gasteiger partial charge in [0.15, 0.2) is 0 Å². The van der Waals surface area contributed by atoms with Crippen LogP contribution in [-0.4, -0.2) is 31.5 Å². The van der Waals surface area contributed by atoms with Crippen LogP contribution in [0.4, 0.5) is 14.5 Å². The summed E-state index contributed by atoms with van der Waals surface area (Å²) < 4.78 is 29.3. The van der Waals surface area contributed by atoms with Crippen molar-refractivity contribution in [3.63, 3.8) is 0 Å². The summed E-state index contributed by atoms with van der Waals surface area (Å²) in [6, 6.07) is 8.78. The third kappa shape index (κ3) is 2.77. The van der Waals surface area contributed by atoms with Gasteiger partial charge in [-0.2, -0.15) is 10.2 Å². The second-order valence-corrected chi connectivity index (χ2v) is 7.07. The first-order valence-corrected chi connectivity index (χ1v) is 9.08. The Bertz CT molecular complexity index is 1280. The Morgan fingerprint density at radius 3 is 2.66 bits per heavy atom. The summed E-state index contributed by atoms with van der Waals surface area (Å²) in [5.41, 5.74) is 1.44. The number of aryl methyl sites for hydroxylation is 1. The van der Waals surface area contributed by atoms with E-state index in [1.807, 2.05) is 0 Å². The van der Waals surface area contributed by atoms with Gasteiger partial charge < -0.3 is 5.32 Å². The minimum atomic E-state index is -0.516. The van der Waals surface area contributed by atoms with Gasteiger partial charge in [-0.3, -0.25) is 9.48 Å². The summed E-state index contributed by atoms with van der Waals surface area (Å²) in [6.45, 7) is 0.409. The lowest BCUT2D eigenvalue weighted by molar-refractivity contribution is 0.551. The van der Waals surface area contributed by atoms with Gasteiger partial charge in [0.05, 0.1) is 17.0 Å². The molecule has 2 unspecified atom stereocenters. The highest BCUT2D eigenvalue weighted by Crippen LogP contribution is 2.43. The Balaban J connectivity index is 1.82. The Morgan fingerprint density at radius 1 is 1.14 bits per heavy atom. The standard InChI is InChI=1S/C20H16F2N6O/c1-28-19(24-9-25-28)17-14(10-2-4-11(21)5-3-10)8-23-15-7-12(22)6-13-16(15)18(17)26-27-20(13)29/h2-7,9,14,17,23H,8H2,1H3,(H,27,29). The van der Waals surface area contributed by atoms with Crippen LogP contribution >= 0.6 is 0 Å². The smallest absolute Gasteiger partial charge is 0.272 e. The molecule has 0 bridgehead atoms. The molecule has 1 aliphatic heterocycles. The number of H-pyrrole nitrogens is 1. The highest BCUT2D eigenvalue weighted by molar-refractivity contribution is 5.96. The molecular weight excluding hydrogens is 378 g/mol. The molecule has 2 N–H and O–H groups in total. The quantitative estimate of drug-likeness (QED) is 0.546. The molecule has 0 saturated heterocycles. The van der Waals surface area contributed by atoms with E-state index in [0.29, 0.717) is 29.1 Å². The van der Waals surface area contributed by atoms with E-state index in [9.17, 15) is 13.6 Å². The summed E-state index contributed by atoms with van der Waals surface area (Å²) >= 11 is 0. The fraction of sp³-hybridized carbons (Fsp3) is 0.200. The Labute approximate surface area is 163 Å². The highest BCUT2D eigenvalue weighted by Gasteiger charge is 2.36. The van der Waals surface area contributed by atoms with Crippen molar-refractivity contribution in [1.82, 2.24) is 25.0 Å². The van der Waals surface area contributed by atoms with Gasteiger partial charge in [0.2, 0.25) is 0 Å². The molecule has 0 radical (unpaired) electrons. The Hall–Kier alpha value is -3.62. The molecule has 1 aliphatic rings. The van der Waals surface area contributed by atoms with Crippen LogP contribution in [0.1, 0.15) is 28.9 Å². The molecule has 0 spiro atoms. The first-order chi connectivity index (χ1) is 14.0. The number of hydrogen-bond acceptors (Lipinski definition) is 5. The lowest BCUT2D eigenvalue weighted by Crippen LogP contribution is -2.23. The van der Waals surface area contributed by atoms with Gasteiger partial charge >= 0.3 is 0 Å². The van der Waals surface area contributed by atoms with Crippen LogP contribution in [0.25, 0.3) is 10.8 Å². The second kappa shape index (κ2) is 6.47. The normalized spacial score (nSPS) is 18.4. The van der Waals surface area contributed by atoms with E-state index in [1.54, 1.807) is 23.9 Å².